The number of anilines is 1. The summed E-state index contributed by atoms with van der Waals surface area (Å²) in [6.45, 7) is 0.972. The lowest BCUT2D eigenvalue weighted by molar-refractivity contribution is -0.127. The van der Waals surface area contributed by atoms with E-state index in [-0.39, 0.29) is 11.8 Å². The average Bonchev–Trinajstić information content (AvgIpc) is 3.08. The van der Waals surface area contributed by atoms with Crippen LogP contribution in [0.4, 0.5) is 5.69 Å². The predicted octanol–water partition coefficient (Wildman–Crippen LogP) is 0.284. The molecule has 2 saturated heterocycles. The molecule has 0 bridgehead atoms. The Morgan fingerprint density at radius 1 is 1.36 bits per heavy atom. The van der Waals surface area contributed by atoms with Gasteiger partial charge in [-0.1, -0.05) is 11.6 Å². The van der Waals surface area contributed by atoms with Gasteiger partial charge in [0.1, 0.15) is 6.04 Å². The summed E-state index contributed by atoms with van der Waals surface area (Å²) in [5.41, 5.74) is 0.778. The van der Waals surface area contributed by atoms with Gasteiger partial charge in [0.15, 0.2) is 0 Å². The van der Waals surface area contributed by atoms with Crippen LogP contribution in [0.2, 0.25) is 5.02 Å². The first kappa shape index (κ1) is 15.3. The third-order valence-electron chi connectivity index (χ3n) is 4.08. The predicted molar refractivity (Wildman–Crippen MR) is 82.8 cm³/mol. The Morgan fingerprint density at radius 3 is 2.73 bits per heavy atom. The van der Waals surface area contributed by atoms with Crippen LogP contribution in [-0.2, 0) is 9.59 Å². The van der Waals surface area contributed by atoms with Gasteiger partial charge >= 0.3 is 0 Å². The summed E-state index contributed by atoms with van der Waals surface area (Å²) in [4.78, 5) is 26.2. The van der Waals surface area contributed by atoms with Gasteiger partial charge in [-0.3, -0.25) is 9.59 Å². The normalized spacial score (nSPS) is 28.2. The molecular weight excluding hydrogens is 306 g/mol. The molecule has 0 aromatic heterocycles. The Balaban J connectivity index is 1.61. The molecule has 2 amide bonds. The zero-order valence-electron chi connectivity index (χ0n) is 12.0. The lowest BCUT2D eigenvalue weighted by atomic mass is 10.1. The second kappa shape index (κ2) is 6.24. The molecule has 2 fully saturated rings. The smallest absolute Gasteiger partial charge is 0.249 e. The molecular formula is C15H18ClN3O3. The van der Waals surface area contributed by atoms with Crippen LogP contribution in [0.1, 0.15) is 12.8 Å². The van der Waals surface area contributed by atoms with Gasteiger partial charge in [-0.05, 0) is 37.1 Å². The van der Waals surface area contributed by atoms with Gasteiger partial charge in [-0.25, -0.2) is 0 Å². The molecule has 0 spiro atoms. The summed E-state index contributed by atoms with van der Waals surface area (Å²) < 4.78 is 0. The molecule has 2 aliphatic heterocycles. The van der Waals surface area contributed by atoms with Crippen molar-refractivity contribution in [3.8, 4) is 0 Å². The minimum Gasteiger partial charge on any atom is -0.392 e. The molecule has 6 nitrogen and oxygen atoms in total. The van der Waals surface area contributed by atoms with Gasteiger partial charge in [-0.2, -0.15) is 0 Å². The zero-order valence-corrected chi connectivity index (χ0v) is 12.7. The van der Waals surface area contributed by atoms with Crippen molar-refractivity contribution < 1.29 is 14.7 Å². The van der Waals surface area contributed by atoms with Crippen LogP contribution in [0, 0.1) is 0 Å². The molecule has 2 aliphatic rings. The van der Waals surface area contributed by atoms with Crippen molar-refractivity contribution in [1.29, 1.82) is 0 Å². The maximum atomic E-state index is 12.4. The van der Waals surface area contributed by atoms with E-state index in [0.717, 1.165) is 5.69 Å². The number of carbonyl (C=O) groups excluding carboxylic acids is 2. The highest BCUT2D eigenvalue weighted by molar-refractivity contribution is 6.30. The lowest BCUT2D eigenvalue weighted by Crippen LogP contribution is -2.48. The first-order valence-corrected chi connectivity index (χ1v) is 7.71. The second-order valence-electron chi connectivity index (χ2n) is 5.67. The molecule has 22 heavy (non-hydrogen) atoms. The summed E-state index contributed by atoms with van der Waals surface area (Å²) >= 11 is 5.85. The highest BCUT2D eigenvalue weighted by atomic mass is 35.5. The van der Waals surface area contributed by atoms with Gasteiger partial charge in [0, 0.05) is 23.8 Å². The maximum absolute atomic E-state index is 12.4. The van der Waals surface area contributed by atoms with Crippen LogP contribution in [0.5, 0.6) is 0 Å². The number of hydrogen-bond acceptors (Lipinski definition) is 4. The minimum atomic E-state index is -0.511. The molecule has 0 aliphatic carbocycles. The molecule has 1 aromatic carbocycles. The number of rotatable bonds is 3. The van der Waals surface area contributed by atoms with Crippen LogP contribution in [0.15, 0.2) is 24.3 Å². The number of nitrogens with one attached hydrogen (secondary N) is 2. The standard InChI is InChI=1S/C15H18ClN3O3/c16-9-1-3-10(4-2-9)19-6-5-12(15(19)22)18-14(21)13-7-11(20)8-17-13/h1-4,11-13,17,20H,5-8H2,(H,18,21). The minimum absolute atomic E-state index is 0.116. The summed E-state index contributed by atoms with van der Waals surface area (Å²) in [7, 11) is 0. The molecule has 3 rings (SSSR count). The van der Waals surface area contributed by atoms with E-state index < -0.39 is 18.2 Å². The van der Waals surface area contributed by atoms with Crippen LogP contribution < -0.4 is 15.5 Å². The van der Waals surface area contributed by atoms with E-state index in [1.807, 2.05) is 0 Å². The summed E-state index contributed by atoms with van der Waals surface area (Å²) in [5.74, 6) is -0.345. The largest absolute Gasteiger partial charge is 0.392 e. The molecule has 3 atom stereocenters. The van der Waals surface area contributed by atoms with E-state index >= 15 is 0 Å². The number of benzene rings is 1. The van der Waals surface area contributed by atoms with Crippen LogP contribution >= 0.6 is 11.6 Å². The van der Waals surface area contributed by atoms with E-state index in [9.17, 15) is 14.7 Å². The first-order chi connectivity index (χ1) is 10.5. The number of amides is 2. The molecule has 1 aromatic rings. The monoisotopic (exact) mass is 323 g/mol. The van der Waals surface area contributed by atoms with Gasteiger partial charge < -0.3 is 20.6 Å². The SMILES string of the molecule is O=C(NC1CCN(c2ccc(Cl)cc2)C1=O)C1CC(O)CN1. The topological polar surface area (TPSA) is 81.7 Å². The fourth-order valence-corrected chi connectivity index (χ4v) is 3.01. The zero-order chi connectivity index (χ0) is 15.7. The molecule has 0 saturated carbocycles. The van der Waals surface area contributed by atoms with Crippen molar-refractivity contribution in [2.24, 2.45) is 0 Å². The van der Waals surface area contributed by atoms with Crippen molar-refractivity contribution in [2.45, 2.75) is 31.0 Å². The Bertz CT molecular complexity index is 578. The number of halogens is 1. The quantitative estimate of drug-likeness (QED) is 0.746. The number of aliphatic hydroxyl groups excluding tert-OH is 1. The number of hydrogen-bond donors (Lipinski definition) is 3. The van der Waals surface area contributed by atoms with Crippen molar-refractivity contribution in [3.05, 3.63) is 29.3 Å². The van der Waals surface area contributed by atoms with Crippen molar-refractivity contribution >= 4 is 29.1 Å². The number of aliphatic hydroxyl groups is 1. The van der Waals surface area contributed by atoms with Gasteiger partial charge in [0.05, 0.1) is 12.1 Å². The highest BCUT2D eigenvalue weighted by Crippen LogP contribution is 2.23. The third kappa shape index (κ3) is 3.09. The third-order valence-corrected chi connectivity index (χ3v) is 4.34. The maximum Gasteiger partial charge on any atom is 0.249 e. The van der Waals surface area contributed by atoms with E-state index in [2.05, 4.69) is 10.6 Å². The highest BCUT2D eigenvalue weighted by Gasteiger charge is 2.36. The fourth-order valence-electron chi connectivity index (χ4n) is 2.88. The Labute approximate surface area is 133 Å². The van der Waals surface area contributed by atoms with E-state index in [1.165, 1.54) is 0 Å². The van der Waals surface area contributed by atoms with Crippen LogP contribution in [0.25, 0.3) is 0 Å². The van der Waals surface area contributed by atoms with Gasteiger partial charge in [0.2, 0.25) is 11.8 Å². The Kier molecular flexibility index (Phi) is 4.33. The fraction of sp³-hybridized carbons (Fsp3) is 0.467. The summed E-state index contributed by atoms with van der Waals surface area (Å²) in [5, 5.41) is 15.8. The Hall–Kier alpha value is -1.63. The molecule has 118 valence electrons. The number of nitrogens with zero attached hydrogens (tertiary/aromatic N) is 1. The van der Waals surface area contributed by atoms with Crippen molar-refractivity contribution in [3.63, 3.8) is 0 Å². The molecule has 0 radical (unpaired) electrons. The number of carbonyl (C=O) groups is 2. The summed E-state index contributed by atoms with van der Waals surface area (Å²) in [6, 6.07) is 6.12. The van der Waals surface area contributed by atoms with Crippen molar-refractivity contribution in [2.75, 3.05) is 18.0 Å². The van der Waals surface area contributed by atoms with Gasteiger partial charge in [0.25, 0.3) is 0 Å². The molecule has 2 heterocycles. The average molecular weight is 324 g/mol. The number of β-amino-alcohol motifs (C(OH)–C–C–N with tert-alkyl or cyclic N) is 1. The molecule has 7 heteroatoms. The second-order valence-corrected chi connectivity index (χ2v) is 6.10. The van der Waals surface area contributed by atoms with Crippen LogP contribution in [0.3, 0.4) is 0 Å². The van der Waals surface area contributed by atoms with Crippen molar-refractivity contribution in [1.82, 2.24) is 10.6 Å². The van der Waals surface area contributed by atoms with Crippen LogP contribution in [-0.4, -0.2) is 48.2 Å². The van der Waals surface area contributed by atoms with Gasteiger partial charge in [-0.15, -0.1) is 0 Å². The van der Waals surface area contributed by atoms with E-state index in [1.54, 1.807) is 29.2 Å². The first-order valence-electron chi connectivity index (χ1n) is 7.33. The molecule has 3 N–H and O–H groups in total. The van der Waals surface area contributed by atoms with E-state index in [0.29, 0.717) is 31.0 Å². The summed E-state index contributed by atoms with van der Waals surface area (Å²) in [6.07, 6.45) is 0.455. The Morgan fingerprint density at radius 2 is 2.09 bits per heavy atom. The lowest BCUT2D eigenvalue weighted by Gasteiger charge is -2.18. The van der Waals surface area contributed by atoms with E-state index in [4.69, 9.17) is 11.6 Å². The molecule has 3 unspecified atom stereocenters.